The van der Waals surface area contributed by atoms with Gasteiger partial charge in [0.2, 0.25) is 5.91 Å². The van der Waals surface area contributed by atoms with E-state index >= 15 is 0 Å². The van der Waals surface area contributed by atoms with Crippen molar-refractivity contribution in [3.8, 4) is 0 Å². The molecule has 0 aromatic rings. The van der Waals surface area contributed by atoms with Crippen molar-refractivity contribution in [3.05, 3.63) is 0 Å². The molecule has 1 amide bonds. The SMILES string of the molecule is COCCN1CCCNC(=O)C1CO. The van der Waals surface area contributed by atoms with Crippen LogP contribution in [0.3, 0.4) is 0 Å². The lowest BCUT2D eigenvalue weighted by Gasteiger charge is -2.26. The number of amides is 1. The predicted octanol–water partition coefficient (Wildman–Crippen LogP) is -1.18. The van der Waals surface area contributed by atoms with Crippen molar-refractivity contribution in [3.63, 3.8) is 0 Å². The quantitative estimate of drug-likeness (QED) is 0.602. The molecule has 1 heterocycles. The summed E-state index contributed by atoms with van der Waals surface area (Å²) in [4.78, 5) is 13.4. The van der Waals surface area contributed by atoms with E-state index in [0.29, 0.717) is 19.7 Å². The zero-order chi connectivity index (χ0) is 10.4. The molecule has 5 heteroatoms. The number of carbonyl (C=O) groups is 1. The van der Waals surface area contributed by atoms with E-state index < -0.39 is 6.04 Å². The number of rotatable bonds is 4. The number of nitrogens with zero attached hydrogens (tertiary/aromatic N) is 1. The summed E-state index contributed by atoms with van der Waals surface area (Å²) in [7, 11) is 1.63. The molecule has 1 unspecified atom stereocenters. The molecule has 1 aliphatic rings. The van der Waals surface area contributed by atoms with E-state index in [1.165, 1.54) is 0 Å². The molecule has 1 rings (SSSR count). The third kappa shape index (κ3) is 2.94. The Hall–Kier alpha value is -0.650. The summed E-state index contributed by atoms with van der Waals surface area (Å²) in [5, 5.41) is 11.9. The van der Waals surface area contributed by atoms with Crippen molar-refractivity contribution in [1.82, 2.24) is 10.2 Å². The van der Waals surface area contributed by atoms with E-state index in [0.717, 1.165) is 13.0 Å². The molecule has 14 heavy (non-hydrogen) atoms. The van der Waals surface area contributed by atoms with Gasteiger partial charge < -0.3 is 15.2 Å². The first-order valence-corrected chi connectivity index (χ1v) is 4.91. The minimum atomic E-state index is -0.410. The maximum Gasteiger partial charge on any atom is 0.239 e. The highest BCUT2D eigenvalue weighted by atomic mass is 16.5. The van der Waals surface area contributed by atoms with Gasteiger partial charge in [-0.2, -0.15) is 0 Å². The Bertz CT molecular complexity index is 187. The molecule has 0 saturated carbocycles. The summed E-state index contributed by atoms with van der Waals surface area (Å²) < 4.78 is 4.96. The molecule has 0 aromatic carbocycles. The highest BCUT2D eigenvalue weighted by molar-refractivity contribution is 5.82. The number of hydrogen-bond acceptors (Lipinski definition) is 4. The van der Waals surface area contributed by atoms with E-state index in [4.69, 9.17) is 9.84 Å². The lowest BCUT2D eigenvalue weighted by molar-refractivity contribution is -0.127. The molecule has 0 radical (unpaired) electrons. The van der Waals surface area contributed by atoms with Crippen molar-refractivity contribution in [1.29, 1.82) is 0 Å². The van der Waals surface area contributed by atoms with Crippen LogP contribution in [-0.2, 0) is 9.53 Å². The van der Waals surface area contributed by atoms with Crippen LogP contribution in [0.1, 0.15) is 6.42 Å². The number of methoxy groups -OCH3 is 1. The molecule has 0 spiro atoms. The molecular weight excluding hydrogens is 184 g/mol. The van der Waals surface area contributed by atoms with Gasteiger partial charge in [0.1, 0.15) is 6.04 Å². The highest BCUT2D eigenvalue weighted by Gasteiger charge is 2.26. The van der Waals surface area contributed by atoms with Crippen LogP contribution in [0.2, 0.25) is 0 Å². The number of aliphatic hydroxyl groups excluding tert-OH is 1. The van der Waals surface area contributed by atoms with E-state index in [-0.39, 0.29) is 12.5 Å². The van der Waals surface area contributed by atoms with Crippen molar-refractivity contribution in [2.45, 2.75) is 12.5 Å². The smallest absolute Gasteiger partial charge is 0.239 e. The Balaban J connectivity index is 2.53. The van der Waals surface area contributed by atoms with Crippen molar-refractivity contribution >= 4 is 5.91 Å². The molecule has 1 atom stereocenters. The molecular formula is C9H18N2O3. The minimum Gasteiger partial charge on any atom is -0.394 e. The van der Waals surface area contributed by atoms with Gasteiger partial charge >= 0.3 is 0 Å². The van der Waals surface area contributed by atoms with Gasteiger partial charge in [-0.1, -0.05) is 0 Å². The second kappa shape index (κ2) is 5.95. The fourth-order valence-electron chi connectivity index (χ4n) is 1.61. The van der Waals surface area contributed by atoms with Gasteiger partial charge in [0.05, 0.1) is 13.2 Å². The maximum absolute atomic E-state index is 11.5. The first-order chi connectivity index (χ1) is 6.79. The minimum absolute atomic E-state index is 0.0823. The third-order valence-electron chi connectivity index (χ3n) is 2.42. The molecule has 0 aliphatic carbocycles. The summed E-state index contributed by atoms with van der Waals surface area (Å²) in [5.74, 6) is -0.0823. The van der Waals surface area contributed by atoms with Crippen LogP contribution in [0.4, 0.5) is 0 Å². The van der Waals surface area contributed by atoms with Crippen LogP contribution >= 0.6 is 0 Å². The molecule has 82 valence electrons. The third-order valence-corrected chi connectivity index (χ3v) is 2.42. The second-order valence-corrected chi connectivity index (χ2v) is 3.37. The topological polar surface area (TPSA) is 61.8 Å². The predicted molar refractivity (Wildman–Crippen MR) is 51.9 cm³/mol. The molecule has 5 nitrogen and oxygen atoms in total. The molecule has 1 fully saturated rings. The molecule has 1 saturated heterocycles. The van der Waals surface area contributed by atoms with Crippen LogP contribution in [0, 0.1) is 0 Å². The van der Waals surface area contributed by atoms with E-state index in [9.17, 15) is 4.79 Å². The van der Waals surface area contributed by atoms with Crippen molar-refractivity contribution in [2.75, 3.05) is 40.0 Å². The summed E-state index contributed by atoms with van der Waals surface area (Å²) in [6, 6.07) is -0.410. The molecule has 1 aliphatic heterocycles. The Kier molecular flexibility index (Phi) is 4.86. The Morgan fingerprint density at radius 1 is 1.71 bits per heavy atom. The first kappa shape index (κ1) is 11.4. The van der Waals surface area contributed by atoms with Gasteiger partial charge in [-0.05, 0) is 6.42 Å². The van der Waals surface area contributed by atoms with Crippen LogP contribution in [0.25, 0.3) is 0 Å². The molecule has 0 aromatic heterocycles. The Morgan fingerprint density at radius 3 is 3.14 bits per heavy atom. The standard InChI is InChI=1S/C9H18N2O3/c1-14-6-5-11-4-2-3-10-9(13)8(11)7-12/h8,12H,2-7H2,1H3,(H,10,13). The number of nitrogens with one attached hydrogen (secondary N) is 1. The van der Waals surface area contributed by atoms with Gasteiger partial charge in [0.15, 0.2) is 0 Å². The Labute approximate surface area is 84.0 Å². The summed E-state index contributed by atoms with van der Waals surface area (Å²) >= 11 is 0. The summed E-state index contributed by atoms with van der Waals surface area (Å²) in [5.41, 5.74) is 0. The zero-order valence-electron chi connectivity index (χ0n) is 8.53. The summed E-state index contributed by atoms with van der Waals surface area (Å²) in [6.45, 7) is 2.67. The lowest BCUT2D eigenvalue weighted by Crippen LogP contribution is -2.47. The van der Waals surface area contributed by atoms with Crippen LogP contribution in [0.15, 0.2) is 0 Å². The maximum atomic E-state index is 11.5. The van der Waals surface area contributed by atoms with Crippen LogP contribution < -0.4 is 5.32 Å². The van der Waals surface area contributed by atoms with Crippen LogP contribution in [-0.4, -0.2) is 61.9 Å². The highest BCUT2D eigenvalue weighted by Crippen LogP contribution is 2.04. The zero-order valence-corrected chi connectivity index (χ0v) is 8.53. The number of ether oxygens (including phenoxy) is 1. The van der Waals surface area contributed by atoms with Gasteiger partial charge in [-0.3, -0.25) is 9.69 Å². The van der Waals surface area contributed by atoms with Crippen molar-refractivity contribution in [2.24, 2.45) is 0 Å². The van der Waals surface area contributed by atoms with Crippen LogP contribution in [0.5, 0.6) is 0 Å². The number of carbonyl (C=O) groups excluding carboxylic acids is 1. The molecule has 0 bridgehead atoms. The van der Waals surface area contributed by atoms with E-state index in [1.54, 1.807) is 7.11 Å². The average Bonchev–Trinajstić information content (AvgIpc) is 2.36. The van der Waals surface area contributed by atoms with Crippen molar-refractivity contribution < 1.29 is 14.6 Å². The lowest BCUT2D eigenvalue weighted by atomic mass is 10.2. The number of aliphatic hydroxyl groups is 1. The molecule has 2 N–H and O–H groups in total. The fourth-order valence-corrected chi connectivity index (χ4v) is 1.61. The van der Waals surface area contributed by atoms with Gasteiger partial charge in [-0.15, -0.1) is 0 Å². The largest absolute Gasteiger partial charge is 0.394 e. The van der Waals surface area contributed by atoms with Gasteiger partial charge in [0, 0.05) is 26.7 Å². The normalized spacial score (nSPS) is 24.4. The summed E-state index contributed by atoms with van der Waals surface area (Å²) in [6.07, 6.45) is 0.923. The monoisotopic (exact) mass is 202 g/mol. The fraction of sp³-hybridized carbons (Fsp3) is 0.889. The average molecular weight is 202 g/mol. The van der Waals surface area contributed by atoms with Gasteiger partial charge in [0.25, 0.3) is 0 Å². The van der Waals surface area contributed by atoms with Gasteiger partial charge in [-0.25, -0.2) is 0 Å². The van der Waals surface area contributed by atoms with E-state index in [2.05, 4.69) is 5.32 Å². The second-order valence-electron chi connectivity index (χ2n) is 3.37. The first-order valence-electron chi connectivity index (χ1n) is 4.91. The Morgan fingerprint density at radius 2 is 2.50 bits per heavy atom. The number of hydrogen-bond donors (Lipinski definition) is 2. The van der Waals surface area contributed by atoms with E-state index in [1.807, 2.05) is 4.90 Å².